The SMILES string of the molecule is FC(F)(F)C(F)(C(F)(F)F)C(F)(F)C(F)(F)C(F)(F)C(F)(F)C(F)(F)C(F)(F)C(F)(F)C(F)(F)C(F)(F)C(F)(F)C(F)(F)C(F)(F)CC1CO1. The highest BCUT2D eigenvalue weighted by atomic mass is 19.4. The average molecular weight is 826 g/mol. The molecule has 1 nitrogen and oxygen atoms in total. The Bertz CT molecular complexity index is 1230. The molecule has 1 aliphatic rings. The first kappa shape index (κ1) is 45.8. The predicted molar refractivity (Wildman–Crippen MR) is 89.7 cm³/mol. The van der Waals surface area contributed by atoms with E-state index < -0.39 is 108 Å². The van der Waals surface area contributed by atoms with Crippen LogP contribution in [0, 0.1) is 0 Å². The Labute approximate surface area is 250 Å². The van der Waals surface area contributed by atoms with Gasteiger partial charge in [-0.3, -0.25) is 0 Å². The highest BCUT2D eigenvalue weighted by Gasteiger charge is 3.02. The quantitative estimate of drug-likeness (QED) is 0.126. The van der Waals surface area contributed by atoms with Crippen molar-refractivity contribution in [1.29, 1.82) is 0 Å². The van der Waals surface area contributed by atoms with E-state index in [1.807, 2.05) is 0 Å². The van der Waals surface area contributed by atoms with Gasteiger partial charge in [-0.05, 0) is 0 Å². The van der Waals surface area contributed by atoms with E-state index in [9.17, 15) is 136 Å². The smallest absolute Gasteiger partial charge is 0.373 e. The summed E-state index contributed by atoms with van der Waals surface area (Å²) in [5, 5.41) is 0. The van der Waals surface area contributed by atoms with Gasteiger partial charge < -0.3 is 4.74 Å². The van der Waals surface area contributed by atoms with Crippen molar-refractivity contribution < 1.29 is 141 Å². The van der Waals surface area contributed by atoms with Crippen molar-refractivity contribution in [2.24, 2.45) is 0 Å². The van der Waals surface area contributed by atoms with E-state index in [2.05, 4.69) is 4.74 Å². The molecule has 1 unspecified atom stereocenters. The third-order valence-electron chi connectivity index (χ3n) is 6.50. The molecule has 0 aromatic heterocycles. The fourth-order valence-electron chi connectivity index (χ4n) is 3.34. The lowest BCUT2D eigenvalue weighted by atomic mass is 9.81. The molecule has 1 atom stereocenters. The van der Waals surface area contributed by atoms with Crippen LogP contribution < -0.4 is 0 Å². The second-order valence-electron chi connectivity index (χ2n) is 9.84. The summed E-state index contributed by atoms with van der Waals surface area (Å²) in [7, 11) is 0. The maximum absolute atomic E-state index is 13.8. The maximum atomic E-state index is 13.8. The van der Waals surface area contributed by atoms with Gasteiger partial charge in [0.1, 0.15) is 0 Å². The van der Waals surface area contributed by atoms with E-state index in [4.69, 9.17) is 0 Å². The fraction of sp³-hybridized carbons (Fsp3) is 1.00. The van der Waals surface area contributed by atoms with E-state index in [-0.39, 0.29) is 0 Å². The lowest BCUT2D eigenvalue weighted by Gasteiger charge is -2.47. The summed E-state index contributed by atoms with van der Waals surface area (Å²) in [5.41, 5.74) is -9.35. The normalized spacial score (nSPS) is 19.6. The molecule has 0 amide bonds. The van der Waals surface area contributed by atoms with Crippen molar-refractivity contribution in [2.75, 3.05) is 6.61 Å². The first-order valence-corrected chi connectivity index (χ1v) is 11.1. The Balaban J connectivity index is 3.99. The number of halogens is 31. The fourth-order valence-corrected chi connectivity index (χ4v) is 3.34. The zero-order chi connectivity index (χ0) is 41.2. The van der Waals surface area contributed by atoms with E-state index in [0.29, 0.717) is 0 Å². The van der Waals surface area contributed by atoms with Gasteiger partial charge in [0, 0.05) is 6.42 Å². The van der Waals surface area contributed by atoms with Crippen LogP contribution in [0.1, 0.15) is 6.42 Å². The zero-order valence-corrected chi connectivity index (χ0v) is 21.6. The average Bonchev–Trinajstić information content (AvgIpc) is 3.68. The molecule has 0 aliphatic carbocycles. The zero-order valence-electron chi connectivity index (χ0n) is 21.6. The van der Waals surface area contributed by atoms with Gasteiger partial charge in [0.05, 0.1) is 12.7 Å². The minimum Gasteiger partial charge on any atom is -0.373 e. The van der Waals surface area contributed by atoms with Gasteiger partial charge >= 0.3 is 89.1 Å². The van der Waals surface area contributed by atoms with Gasteiger partial charge in [-0.1, -0.05) is 0 Å². The molecule has 0 aromatic rings. The summed E-state index contributed by atoms with van der Waals surface area (Å²) in [6, 6.07) is 0. The lowest BCUT2D eigenvalue weighted by molar-refractivity contribution is -0.490. The largest absolute Gasteiger partial charge is 0.438 e. The molecule has 0 aromatic carbocycles. The number of ether oxygens (including phenoxy) is 1. The van der Waals surface area contributed by atoms with Crippen molar-refractivity contribution in [3.8, 4) is 0 Å². The van der Waals surface area contributed by atoms with E-state index in [1.165, 1.54) is 0 Å². The summed E-state index contributed by atoms with van der Waals surface area (Å²) in [6.07, 6.45) is -22.9. The van der Waals surface area contributed by atoms with Crippen molar-refractivity contribution >= 4 is 0 Å². The molecular weight excluding hydrogens is 821 g/mol. The highest BCUT2D eigenvalue weighted by molar-refractivity contribution is 5.22. The van der Waals surface area contributed by atoms with Gasteiger partial charge in [0.15, 0.2) is 0 Å². The van der Waals surface area contributed by atoms with E-state index in [0.717, 1.165) is 0 Å². The van der Waals surface area contributed by atoms with Crippen LogP contribution in [-0.4, -0.2) is 102 Å². The summed E-state index contributed by atoms with van der Waals surface area (Å²) in [4.78, 5) is 0. The highest BCUT2D eigenvalue weighted by Crippen LogP contribution is 2.70. The molecule has 1 rings (SSSR count). The molecule has 0 radical (unpaired) electrons. The summed E-state index contributed by atoms with van der Waals surface area (Å²) in [5.74, 6) is -113. The van der Waals surface area contributed by atoms with Crippen LogP contribution in [-0.2, 0) is 4.74 Å². The summed E-state index contributed by atoms with van der Waals surface area (Å²) < 4.78 is 421. The Morgan fingerprint density at radius 2 is 0.480 bits per heavy atom. The van der Waals surface area contributed by atoms with E-state index >= 15 is 0 Å². The van der Waals surface area contributed by atoms with Crippen molar-refractivity contribution in [3.63, 3.8) is 0 Å². The Kier molecular flexibility index (Phi) is 10.2. The molecule has 50 heavy (non-hydrogen) atoms. The number of alkyl halides is 31. The first-order chi connectivity index (χ1) is 21.1. The molecule has 0 spiro atoms. The van der Waals surface area contributed by atoms with E-state index in [1.54, 1.807) is 0 Å². The van der Waals surface area contributed by atoms with Gasteiger partial charge in [-0.15, -0.1) is 0 Å². The molecular formula is C18H5F31O. The van der Waals surface area contributed by atoms with Crippen molar-refractivity contribution in [2.45, 2.75) is 102 Å². The monoisotopic (exact) mass is 826 g/mol. The van der Waals surface area contributed by atoms with Crippen LogP contribution in [0.25, 0.3) is 0 Å². The second kappa shape index (κ2) is 11.2. The number of hydrogen-bond acceptors (Lipinski definition) is 1. The standard InChI is InChI=1S/C18H5F31O/c19-4(20,1-3-2-50-3)6(22,23)8(26,27)10(30,31)12(34,35)14(38,39)16(42,43)15(40,41)13(36,37)11(32,33)9(28,29)7(24,25)5(21,17(44,45)46)18(47,48)49/h3H,1-2H2. The molecule has 0 N–H and O–H groups in total. The van der Waals surface area contributed by atoms with Crippen LogP contribution in [0.5, 0.6) is 0 Å². The summed E-state index contributed by atoms with van der Waals surface area (Å²) in [6.45, 7) is -1.13. The number of rotatable bonds is 14. The molecule has 32 heteroatoms. The maximum Gasteiger partial charge on any atom is 0.438 e. The molecule has 1 aliphatic heterocycles. The molecule has 1 fully saturated rings. The van der Waals surface area contributed by atoms with Crippen molar-refractivity contribution in [1.82, 2.24) is 0 Å². The Morgan fingerprint density at radius 3 is 0.660 bits per heavy atom. The summed E-state index contributed by atoms with van der Waals surface area (Å²) >= 11 is 0. The molecule has 0 saturated carbocycles. The topological polar surface area (TPSA) is 12.5 Å². The predicted octanol–water partition coefficient (Wildman–Crippen LogP) is 10.2. The molecule has 1 saturated heterocycles. The third-order valence-corrected chi connectivity index (χ3v) is 6.50. The molecule has 0 bridgehead atoms. The molecule has 300 valence electrons. The minimum absolute atomic E-state index is 1.13. The van der Waals surface area contributed by atoms with Gasteiger partial charge in [-0.2, -0.15) is 132 Å². The van der Waals surface area contributed by atoms with Gasteiger partial charge in [0.2, 0.25) is 0 Å². The lowest BCUT2D eigenvalue weighted by Crippen LogP contribution is -2.80. The van der Waals surface area contributed by atoms with Crippen LogP contribution in [0.15, 0.2) is 0 Å². The van der Waals surface area contributed by atoms with Gasteiger partial charge in [-0.25, -0.2) is 4.39 Å². The molecule has 1 heterocycles. The van der Waals surface area contributed by atoms with Gasteiger partial charge in [0.25, 0.3) is 0 Å². The van der Waals surface area contributed by atoms with Crippen LogP contribution in [0.2, 0.25) is 0 Å². The van der Waals surface area contributed by atoms with Crippen LogP contribution in [0.3, 0.4) is 0 Å². The Morgan fingerprint density at radius 1 is 0.300 bits per heavy atom. The second-order valence-corrected chi connectivity index (χ2v) is 9.84. The van der Waals surface area contributed by atoms with Crippen molar-refractivity contribution in [3.05, 3.63) is 0 Å². The minimum atomic E-state index is -10.1. The number of hydrogen-bond donors (Lipinski definition) is 0. The first-order valence-electron chi connectivity index (χ1n) is 11.1. The number of epoxide rings is 1. The van der Waals surface area contributed by atoms with Crippen LogP contribution >= 0.6 is 0 Å². The van der Waals surface area contributed by atoms with Crippen LogP contribution in [0.4, 0.5) is 136 Å². The Hall–Kier alpha value is -2.21. The third kappa shape index (κ3) is 5.29.